The molecule has 1 heterocycles. The van der Waals surface area contributed by atoms with Crippen molar-refractivity contribution in [3.05, 3.63) is 52.5 Å². The van der Waals surface area contributed by atoms with E-state index < -0.39 is 34.1 Å². The van der Waals surface area contributed by atoms with E-state index in [2.05, 4.69) is 25.9 Å². The van der Waals surface area contributed by atoms with Crippen molar-refractivity contribution < 1.29 is 17.9 Å². The van der Waals surface area contributed by atoms with Gasteiger partial charge in [0.2, 0.25) is 11.6 Å². The Hall–Kier alpha value is -2.35. The maximum atomic E-state index is 14.4. The fraction of sp³-hybridized carbons (Fsp3) is 0. The van der Waals surface area contributed by atoms with Gasteiger partial charge in [0.25, 0.3) is 0 Å². The van der Waals surface area contributed by atoms with E-state index in [-0.39, 0.29) is 11.6 Å². The molecule has 0 spiro atoms. The lowest BCUT2D eigenvalue weighted by molar-refractivity contribution is 0.392. The number of nitrogen functional groups attached to an aromatic ring is 1. The number of fused-ring (bicyclic) bond motifs is 1. The van der Waals surface area contributed by atoms with Gasteiger partial charge in [0, 0.05) is 4.47 Å². The molecule has 4 nitrogen and oxygen atoms in total. The van der Waals surface area contributed by atoms with Crippen LogP contribution in [0.4, 0.5) is 19.0 Å². The van der Waals surface area contributed by atoms with Crippen molar-refractivity contribution in [2.45, 2.75) is 0 Å². The molecular weight excluding hydrogens is 363 g/mol. The maximum Gasteiger partial charge on any atom is 0.205 e. The van der Waals surface area contributed by atoms with Gasteiger partial charge in [-0.2, -0.15) is 4.39 Å². The number of anilines is 1. The Morgan fingerprint density at radius 3 is 2.32 bits per heavy atom. The minimum absolute atomic E-state index is 0.141. The third-order valence-electron chi connectivity index (χ3n) is 2.93. The summed E-state index contributed by atoms with van der Waals surface area (Å²) in [5.41, 5.74) is 5.00. The number of ether oxygens (including phenoxy) is 1. The third kappa shape index (κ3) is 2.35. The molecule has 1 aromatic heterocycles. The van der Waals surface area contributed by atoms with Crippen LogP contribution in [0.2, 0.25) is 0 Å². The predicted octanol–water partition coefficient (Wildman–Crippen LogP) is 4.18. The lowest BCUT2D eigenvalue weighted by atomic mass is 10.2. The van der Waals surface area contributed by atoms with E-state index in [0.717, 1.165) is 10.8 Å². The Bertz CT molecular complexity index is 872. The quantitative estimate of drug-likeness (QED) is 0.688. The molecule has 0 bridgehead atoms. The number of halogens is 4. The first kappa shape index (κ1) is 14.6. The third-order valence-corrected chi connectivity index (χ3v) is 3.46. The molecular formula is C14H7BrF3N3O. The molecule has 8 heteroatoms. The normalized spacial score (nSPS) is 10.9. The molecule has 0 aliphatic carbocycles. The second-order valence-electron chi connectivity index (χ2n) is 4.31. The number of aromatic nitrogens is 2. The molecule has 0 fully saturated rings. The van der Waals surface area contributed by atoms with E-state index >= 15 is 0 Å². The molecule has 3 rings (SSSR count). The molecule has 0 atom stereocenters. The Labute approximate surface area is 130 Å². The predicted molar refractivity (Wildman–Crippen MR) is 78.0 cm³/mol. The van der Waals surface area contributed by atoms with Gasteiger partial charge in [-0.15, -0.1) is 0 Å². The van der Waals surface area contributed by atoms with Gasteiger partial charge in [0.1, 0.15) is 23.4 Å². The summed E-state index contributed by atoms with van der Waals surface area (Å²) in [6, 6.07) is 6.17. The van der Waals surface area contributed by atoms with Crippen molar-refractivity contribution in [1.82, 2.24) is 9.97 Å². The van der Waals surface area contributed by atoms with E-state index in [0.29, 0.717) is 0 Å². The largest absolute Gasteiger partial charge is 0.451 e. The van der Waals surface area contributed by atoms with Gasteiger partial charge in [0.15, 0.2) is 11.6 Å². The number of hydrogen-bond acceptors (Lipinski definition) is 4. The van der Waals surface area contributed by atoms with Gasteiger partial charge in [0.05, 0.1) is 5.39 Å². The topological polar surface area (TPSA) is 61.0 Å². The highest BCUT2D eigenvalue weighted by Gasteiger charge is 2.24. The van der Waals surface area contributed by atoms with Crippen LogP contribution in [0.1, 0.15) is 0 Å². The van der Waals surface area contributed by atoms with Crippen LogP contribution in [0.3, 0.4) is 0 Å². The Morgan fingerprint density at radius 1 is 0.955 bits per heavy atom. The molecule has 0 amide bonds. The number of hydrogen-bond donors (Lipinski definition) is 1. The second-order valence-corrected chi connectivity index (χ2v) is 5.23. The zero-order valence-corrected chi connectivity index (χ0v) is 12.4. The number of nitrogens with zero attached hydrogens (tertiary/aromatic N) is 2. The standard InChI is InChI=1S/C14H7BrF3N3O/c15-6-1-3-7(4-2-6)22-13-10(17)9(16)8-12(11(13)18)20-5-21-14(8)19/h1-5H,(H2,19,20,21). The van der Waals surface area contributed by atoms with E-state index in [1.54, 1.807) is 12.1 Å². The maximum absolute atomic E-state index is 14.4. The zero-order chi connectivity index (χ0) is 15.9. The average molecular weight is 370 g/mol. The van der Waals surface area contributed by atoms with Crippen molar-refractivity contribution in [2.24, 2.45) is 0 Å². The van der Waals surface area contributed by atoms with Crippen LogP contribution in [0.15, 0.2) is 35.1 Å². The highest BCUT2D eigenvalue weighted by Crippen LogP contribution is 2.36. The van der Waals surface area contributed by atoms with E-state index in [1.807, 2.05) is 0 Å². The van der Waals surface area contributed by atoms with E-state index in [4.69, 9.17) is 10.5 Å². The molecule has 2 N–H and O–H groups in total. The molecule has 0 aliphatic rings. The molecule has 0 radical (unpaired) electrons. The van der Waals surface area contributed by atoms with Crippen LogP contribution in [0, 0.1) is 17.5 Å². The minimum atomic E-state index is -1.49. The SMILES string of the molecule is Nc1ncnc2c(F)c(Oc3ccc(Br)cc3)c(F)c(F)c12. The van der Waals surface area contributed by atoms with Gasteiger partial charge >= 0.3 is 0 Å². The molecule has 0 unspecified atom stereocenters. The highest BCUT2D eigenvalue weighted by atomic mass is 79.9. The smallest absolute Gasteiger partial charge is 0.205 e. The van der Waals surface area contributed by atoms with Gasteiger partial charge < -0.3 is 10.5 Å². The van der Waals surface area contributed by atoms with Gasteiger partial charge in [-0.25, -0.2) is 18.7 Å². The second kappa shape index (κ2) is 5.45. The summed E-state index contributed by atoms with van der Waals surface area (Å²) in [7, 11) is 0. The Morgan fingerprint density at radius 2 is 1.64 bits per heavy atom. The van der Waals surface area contributed by atoms with Crippen LogP contribution >= 0.6 is 15.9 Å². The summed E-state index contributed by atoms with van der Waals surface area (Å²) in [6.45, 7) is 0. The lowest BCUT2D eigenvalue weighted by Gasteiger charge is -2.11. The highest BCUT2D eigenvalue weighted by molar-refractivity contribution is 9.10. The molecule has 0 aliphatic heterocycles. The van der Waals surface area contributed by atoms with Gasteiger partial charge in [-0.3, -0.25) is 0 Å². The summed E-state index contributed by atoms with van der Waals surface area (Å²) >= 11 is 3.22. The van der Waals surface area contributed by atoms with Crippen molar-refractivity contribution in [3.63, 3.8) is 0 Å². The number of nitrogens with two attached hydrogens (primary N) is 1. The fourth-order valence-electron chi connectivity index (χ4n) is 1.91. The minimum Gasteiger partial charge on any atom is -0.451 e. The average Bonchev–Trinajstić information content (AvgIpc) is 2.51. The molecule has 0 saturated carbocycles. The van der Waals surface area contributed by atoms with Crippen LogP contribution in [0.25, 0.3) is 10.9 Å². The first-order chi connectivity index (χ1) is 10.5. The van der Waals surface area contributed by atoms with Crippen LogP contribution in [-0.2, 0) is 0 Å². The molecule has 22 heavy (non-hydrogen) atoms. The van der Waals surface area contributed by atoms with Crippen molar-refractivity contribution in [2.75, 3.05) is 5.73 Å². The first-order valence-corrected chi connectivity index (χ1v) is 6.78. The van der Waals surface area contributed by atoms with Crippen LogP contribution in [-0.4, -0.2) is 9.97 Å². The van der Waals surface area contributed by atoms with Crippen LogP contribution < -0.4 is 10.5 Å². The van der Waals surface area contributed by atoms with Gasteiger partial charge in [-0.05, 0) is 24.3 Å². The summed E-state index contributed by atoms with van der Waals surface area (Å²) in [5, 5.41) is -0.513. The number of rotatable bonds is 2. The number of benzene rings is 2. The summed E-state index contributed by atoms with van der Waals surface area (Å²) < 4.78 is 48.4. The summed E-state index contributed by atoms with van der Waals surface area (Å²) in [4.78, 5) is 7.12. The zero-order valence-electron chi connectivity index (χ0n) is 10.8. The lowest BCUT2D eigenvalue weighted by Crippen LogP contribution is -2.03. The van der Waals surface area contributed by atoms with Gasteiger partial charge in [-0.1, -0.05) is 15.9 Å². The van der Waals surface area contributed by atoms with Crippen molar-refractivity contribution in [1.29, 1.82) is 0 Å². The Kier molecular flexibility index (Phi) is 3.61. The van der Waals surface area contributed by atoms with Crippen LogP contribution in [0.5, 0.6) is 11.5 Å². The molecule has 2 aromatic carbocycles. The Balaban J connectivity index is 2.20. The summed E-state index contributed by atoms with van der Waals surface area (Å²) in [6.07, 6.45) is 0.960. The van der Waals surface area contributed by atoms with E-state index in [1.165, 1.54) is 12.1 Å². The molecule has 112 valence electrons. The van der Waals surface area contributed by atoms with Crippen molar-refractivity contribution >= 4 is 32.7 Å². The van der Waals surface area contributed by atoms with Crippen molar-refractivity contribution in [3.8, 4) is 11.5 Å². The van der Waals surface area contributed by atoms with E-state index in [9.17, 15) is 13.2 Å². The monoisotopic (exact) mass is 369 g/mol. The molecule has 3 aromatic rings. The fourth-order valence-corrected chi connectivity index (χ4v) is 2.17. The molecule has 0 saturated heterocycles. The summed E-state index contributed by atoms with van der Waals surface area (Å²) in [5.74, 6) is -5.09. The first-order valence-electron chi connectivity index (χ1n) is 5.99.